The van der Waals surface area contributed by atoms with Gasteiger partial charge in [0.25, 0.3) is 5.91 Å². The van der Waals surface area contributed by atoms with Gasteiger partial charge in [-0.3, -0.25) is 4.79 Å². The Morgan fingerprint density at radius 2 is 1.81 bits per heavy atom. The van der Waals surface area contributed by atoms with Crippen LogP contribution in [0, 0.1) is 5.92 Å². The van der Waals surface area contributed by atoms with Gasteiger partial charge in [-0.25, -0.2) is 0 Å². The lowest BCUT2D eigenvalue weighted by Crippen LogP contribution is -2.39. The standard InChI is InChI=1S/C22H29N3O2/c1-16(2)15-25-13-11-19(12-14-25)27-18-9-7-17(8-10-18)22(26)24-21-6-4-3-5-20(21)23/h3-10,16,19H,11-15,23H2,1-2H3,(H,24,26). The number of hydrogen-bond donors (Lipinski definition) is 2. The second-order valence-corrected chi connectivity index (χ2v) is 7.58. The van der Waals surface area contributed by atoms with Gasteiger partial charge < -0.3 is 20.7 Å². The molecule has 3 N–H and O–H groups in total. The molecule has 5 heteroatoms. The molecule has 0 saturated carbocycles. The molecule has 0 bridgehead atoms. The Morgan fingerprint density at radius 1 is 1.15 bits per heavy atom. The average Bonchev–Trinajstić information content (AvgIpc) is 2.65. The molecule has 0 aliphatic carbocycles. The number of ether oxygens (including phenoxy) is 1. The van der Waals surface area contributed by atoms with E-state index in [1.165, 1.54) is 0 Å². The molecular formula is C22H29N3O2. The van der Waals surface area contributed by atoms with Gasteiger partial charge in [0.15, 0.2) is 0 Å². The summed E-state index contributed by atoms with van der Waals surface area (Å²) in [6, 6.07) is 14.5. The molecule has 1 saturated heterocycles. The molecule has 0 spiro atoms. The third kappa shape index (κ3) is 5.47. The van der Waals surface area contributed by atoms with E-state index in [9.17, 15) is 4.79 Å². The number of anilines is 2. The van der Waals surface area contributed by atoms with Crippen LogP contribution >= 0.6 is 0 Å². The van der Waals surface area contributed by atoms with E-state index in [1.807, 2.05) is 24.3 Å². The van der Waals surface area contributed by atoms with E-state index >= 15 is 0 Å². The van der Waals surface area contributed by atoms with Crippen LogP contribution in [0.4, 0.5) is 11.4 Å². The quantitative estimate of drug-likeness (QED) is 0.757. The zero-order valence-corrected chi connectivity index (χ0v) is 16.2. The summed E-state index contributed by atoms with van der Waals surface area (Å²) in [6.07, 6.45) is 2.34. The summed E-state index contributed by atoms with van der Waals surface area (Å²) in [6.45, 7) is 7.84. The number of nitrogens with zero attached hydrogens (tertiary/aromatic N) is 1. The summed E-state index contributed by atoms with van der Waals surface area (Å²) in [5.41, 5.74) is 7.63. The maximum atomic E-state index is 12.4. The van der Waals surface area contributed by atoms with Crippen LogP contribution < -0.4 is 15.8 Å². The van der Waals surface area contributed by atoms with Gasteiger partial charge in [-0.2, -0.15) is 0 Å². The first-order valence-corrected chi connectivity index (χ1v) is 9.66. The van der Waals surface area contributed by atoms with Crippen molar-refractivity contribution in [2.45, 2.75) is 32.8 Å². The Bertz CT molecular complexity index is 750. The fourth-order valence-corrected chi connectivity index (χ4v) is 3.41. The van der Waals surface area contributed by atoms with Crippen molar-refractivity contribution in [1.82, 2.24) is 4.90 Å². The van der Waals surface area contributed by atoms with Crippen LogP contribution in [-0.2, 0) is 0 Å². The molecule has 5 nitrogen and oxygen atoms in total. The third-order valence-electron chi connectivity index (χ3n) is 4.79. The van der Waals surface area contributed by atoms with Gasteiger partial charge >= 0.3 is 0 Å². The second kappa shape index (κ2) is 8.91. The van der Waals surface area contributed by atoms with Crippen molar-refractivity contribution in [3.63, 3.8) is 0 Å². The van der Waals surface area contributed by atoms with Crippen molar-refractivity contribution in [2.75, 3.05) is 30.7 Å². The number of nitrogen functional groups attached to an aromatic ring is 1. The lowest BCUT2D eigenvalue weighted by atomic mass is 10.1. The molecule has 0 unspecified atom stereocenters. The molecule has 2 aromatic rings. The maximum absolute atomic E-state index is 12.4. The van der Waals surface area contributed by atoms with E-state index in [2.05, 4.69) is 24.1 Å². The molecule has 0 atom stereocenters. The van der Waals surface area contributed by atoms with Gasteiger partial charge in [-0.1, -0.05) is 26.0 Å². The molecule has 1 amide bonds. The van der Waals surface area contributed by atoms with Crippen LogP contribution in [-0.4, -0.2) is 36.5 Å². The Kier molecular flexibility index (Phi) is 6.35. The van der Waals surface area contributed by atoms with Gasteiger partial charge in [0.2, 0.25) is 0 Å². The van der Waals surface area contributed by atoms with Crippen molar-refractivity contribution in [3.05, 3.63) is 54.1 Å². The summed E-state index contributed by atoms with van der Waals surface area (Å²) in [4.78, 5) is 14.9. The highest BCUT2D eigenvalue weighted by molar-refractivity contribution is 6.05. The number of likely N-dealkylation sites (tertiary alicyclic amines) is 1. The molecule has 3 rings (SSSR count). The minimum atomic E-state index is -0.179. The van der Waals surface area contributed by atoms with Crippen LogP contribution in [0.1, 0.15) is 37.0 Å². The number of benzene rings is 2. The number of hydrogen-bond acceptors (Lipinski definition) is 4. The van der Waals surface area contributed by atoms with Crippen LogP contribution in [0.3, 0.4) is 0 Å². The molecule has 1 heterocycles. The van der Waals surface area contributed by atoms with Crippen molar-refractivity contribution < 1.29 is 9.53 Å². The Labute approximate surface area is 161 Å². The molecular weight excluding hydrogens is 338 g/mol. The van der Waals surface area contributed by atoms with Crippen LogP contribution in [0.2, 0.25) is 0 Å². The zero-order chi connectivity index (χ0) is 19.2. The summed E-state index contributed by atoms with van der Waals surface area (Å²) in [5.74, 6) is 1.34. The summed E-state index contributed by atoms with van der Waals surface area (Å²) >= 11 is 0. The number of rotatable bonds is 6. The molecule has 0 aromatic heterocycles. The average molecular weight is 367 g/mol. The van der Waals surface area contributed by atoms with Crippen molar-refractivity contribution in [1.29, 1.82) is 0 Å². The Balaban J connectivity index is 1.52. The predicted molar refractivity (Wildman–Crippen MR) is 110 cm³/mol. The van der Waals surface area contributed by atoms with Crippen molar-refractivity contribution >= 4 is 17.3 Å². The zero-order valence-electron chi connectivity index (χ0n) is 16.2. The topological polar surface area (TPSA) is 67.6 Å². The van der Waals surface area contributed by atoms with Gasteiger partial charge in [0.05, 0.1) is 11.4 Å². The van der Waals surface area contributed by atoms with Crippen molar-refractivity contribution in [2.24, 2.45) is 5.92 Å². The maximum Gasteiger partial charge on any atom is 0.255 e. The minimum absolute atomic E-state index is 0.179. The molecule has 27 heavy (non-hydrogen) atoms. The van der Waals surface area contributed by atoms with E-state index in [1.54, 1.807) is 24.3 Å². The lowest BCUT2D eigenvalue weighted by molar-refractivity contribution is 0.0941. The van der Waals surface area contributed by atoms with Crippen LogP contribution in [0.15, 0.2) is 48.5 Å². The Morgan fingerprint density at radius 3 is 2.44 bits per heavy atom. The first-order valence-electron chi connectivity index (χ1n) is 9.66. The first-order chi connectivity index (χ1) is 13.0. The molecule has 0 radical (unpaired) electrons. The minimum Gasteiger partial charge on any atom is -0.490 e. The SMILES string of the molecule is CC(C)CN1CCC(Oc2ccc(C(=O)Nc3ccccc3N)cc2)CC1. The van der Waals surface area contributed by atoms with E-state index in [4.69, 9.17) is 10.5 Å². The normalized spacial score (nSPS) is 15.7. The van der Waals surface area contributed by atoms with E-state index in [-0.39, 0.29) is 12.0 Å². The summed E-state index contributed by atoms with van der Waals surface area (Å²) in [5, 5.41) is 2.84. The number of para-hydroxylation sites is 2. The van der Waals surface area contributed by atoms with Gasteiger partial charge in [-0.15, -0.1) is 0 Å². The Hall–Kier alpha value is -2.53. The molecule has 1 fully saturated rings. The van der Waals surface area contributed by atoms with E-state index in [0.29, 0.717) is 22.9 Å². The molecule has 2 aromatic carbocycles. The number of carbonyl (C=O) groups excluding carboxylic acids is 1. The highest BCUT2D eigenvalue weighted by Gasteiger charge is 2.21. The lowest BCUT2D eigenvalue weighted by Gasteiger charge is -2.33. The van der Waals surface area contributed by atoms with Gasteiger partial charge in [0.1, 0.15) is 11.9 Å². The van der Waals surface area contributed by atoms with Crippen LogP contribution in [0.25, 0.3) is 0 Å². The number of nitrogens with one attached hydrogen (secondary N) is 1. The number of amides is 1. The number of carbonyl (C=O) groups is 1. The molecule has 1 aliphatic rings. The predicted octanol–water partition coefficient (Wildman–Crippen LogP) is 4.02. The largest absolute Gasteiger partial charge is 0.490 e. The number of nitrogens with two attached hydrogens (primary N) is 1. The molecule has 144 valence electrons. The smallest absolute Gasteiger partial charge is 0.255 e. The van der Waals surface area contributed by atoms with Gasteiger partial charge in [0, 0.05) is 25.2 Å². The highest BCUT2D eigenvalue weighted by atomic mass is 16.5. The summed E-state index contributed by atoms with van der Waals surface area (Å²) in [7, 11) is 0. The summed E-state index contributed by atoms with van der Waals surface area (Å²) < 4.78 is 6.10. The monoisotopic (exact) mass is 367 g/mol. The number of piperidine rings is 1. The third-order valence-corrected chi connectivity index (χ3v) is 4.79. The fourth-order valence-electron chi connectivity index (χ4n) is 3.41. The fraction of sp³-hybridized carbons (Fsp3) is 0.409. The second-order valence-electron chi connectivity index (χ2n) is 7.58. The van der Waals surface area contributed by atoms with E-state index in [0.717, 1.165) is 38.2 Å². The first kappa shape index (κ1) is 19.2. The molecule has 1 aliphatic heterocycles. The van der Waals surface area contributed by atoms with Crippen molar-refractivity contribution in [3.8, 4) is 5.75 Å². The van der Waals surface area contributed by atoms with E-state index < -0.39 is 0 Å². The van der Waals surface area contributed by atoms with Crippen LogP contribution in [0.5, 0.6) is 5.75 Å². The highest BCUT2D eigenvalue weighted by Crippen LogP contribution is 2.22. The van der Waals surface area contributed by atoms with Gasteiger partial charge in [-0.05, 0) is 55.2 Å².